The third-order valence-electron chi connectivity index (χ3n) is 2.89. The van der Waals surface area contributed by atoms with Crippen LogP contribution >= 0.6 is 0 Å². The average molecular weight is 294 g/mol. The molecule has 1 amide bonds. The SMILES string of the molecule is CC(=O)Nc1ccc(Oc2ccc(-n3cccc3)nn2)cc1. The fraction of sp³-hybridized carbons (Fsp3) is 0.0625. The van der Waals surface area contributed by atoms with Gasteiger partial charge in [-0.05, 0) is 42.5 Å². The highest BCUT2D eigenvalue weighted by Gasteiger charge is 2.02. The molecule has 6 heteroatoms. The fourth-order valence-corrected chi connectivity index (χ4v) is 1.92. The number of nitrogens with one attached hydrogen (secondary N) is 1. The van der Waals surface area contributed by atoms with Gasteiger partial charge in [0.15, 0.2) is 5.82 Å². The Balaban J connectivity index is 1.69. The number of hydrogen-bond acceptors (Lipinski definition) is 4. The second kappa shape index (κ2) is 6.09. The minimum atomic E-state index is -0.111. The summed E-state index contributed by atoms with van der Waals surface area (Å²) in [6.45, 7) is 1.46. The normalized spacial score (nSPS) is 10.2. The molecule has 1 aromatic carbocycles. The zero-order valence-corrected chi connectivity index (χ0v) is 11.9. The quantitative estimate of drug-likeness (QED) is 0.803. The highest BCUT2D eigenvalue weighted by molar-refractivity contribution is 5.88. The van der Waals surface area contributed by atoms with Crippen molar-refractivity contribution >= 4 is 11.6 Å². The Hall–Kier alpha value is -3.15. The Labute approximate surface area is 127 Å². The largest absolute Gasteiger partial charge is 0.438 e. The van der Waals surface area contributed by atoms with Gasteiger partial charge in [0.05, 0.1) is 0 Å². The van der Waals surface area contributed by atoms with Gasteiger partial charge >= 0.3 is 0 Å². The Morgan fingerprint density at radius 2 is 1.77 bits per heavy atom. The lowest BCUT2D eigenvalue weighted by molar-refractivity contribution is -0.114. The van der Waals surface area contributed by atoms with E-state index >= 15 is 0 Å². The molecule has 3 aromatic rings. The van der Waals surface area contributed by atoms with Gasteiger partial charge in [0, 0.05) is 31.1 Å². The molecule has 2 heterocycles. The predicted octanol–water partition coefficient (Wildman–Crippen LogP) is 3.02. The van der Waals surface area contributed by atoms with E-state index in [1.807, 2.05) is 35.2 Å². The van der Waals surface area contributed by atoms with Crippen LogP contribution < -0.4 is 10.1 Å². The van der Waals surface area contributed by atoms with Gasteiger partial charge in [-0.3, -0.25) is 4.79 Å². The highest BCUT2D eigenvalue weighted by atomic mass is 16.5. The number of hydrogen-bond donors (Lipinski definition) is 1. The van der Waals surface area contributed by atoms with Crippen molar-refractivity contribution in [3.63, 3.8) is 0 Å². The summed E-state index contributed by atoms with van der Waals surface area (Å²) in [7, 11) is 0. The second-order valence-electron chi connectivity index (χ2n) is 4.63. The molecule has 2 aromatic heterocycles. The van der Waals surface area contributed by atoms with E-state index in [4.69, 9.17) is 4.74 Å². The molecule has 0 fully saturated rings. The first-order valence-corrected chi connectivity index (χ1v) is 6.73. The summed E-state index contributed by atoms with van der Waals surface area (Å²) < 4.78 is 7.48. The van der Waals surface area contributed by atoms with Crippen molar-refractivity contribution in [2.75, 3.05) is 5.32 Å². The van der Waals surface area contributed by atoms with Crippen molar-refractivity contribution in [3.05, 3.63) is 60.9 Å². The van der Waals surface area contributed by atoms with Crippen molar-refractivity contribution in [3.8, 4) is 17.4 Å². The van der Waals surface area contributed by atoms with Crippen LogP contribution in [-0.2, 0) is 4.79 Å². The predicted molar refractivity (Wildman–Crippen MR) is 82.2 cm³/mol. The number of carbonyl (C=O) groups is 1. The van der Waals surface area contributed by atoms with E-state index in [1.165, 1.54) is 6.92 Å². The number of amides is 1. The molecule has 0 atom stereocenters. The van der Waals surface area contributed by atoms with E-state index in [2.05, 4.69) is 15.5 Å². The molecular weight excluding hydrogens is 280 g/mol. The Bertz CT molecular complexity index is 750. The first-order valence-electron chi connectivity index (χ1n) is 6.73. The summed E-state index contributed by atoms with van der Waals surface area (Å²) in [6.07, 6.45) is 3.79. The van der Waals surface area contributed by atoms with Crippen LogP contribution in [0.4, 0.5) is 5.69 Å². The Morgan fingerprint density at radius 3 is 2.36 bits per heavy atom. The van der Waals surface area contributed by atoms with E-state index in [0.29, 0.717) is 17.3 Å². The summed E-state index contributed by atoms with van der Waals surface area (Å²) in [5.41, 5.74) is 0.717. The van der Waals surface area contributed by atoms with Crippen LogP contribution in [-0.4, -0.2) is 20.7 Å². The van der Waals surface area contributed by atoms with Gasteiger partial charge in [-0.1, -0.05) is 0 Å². The van der Waals surface area contributed by atoms with Crippen molar-refractivity contribution in [2.24, 2.45) is 0 Å². The highest BCUT2D eigenvalue weighted by Crippen LogP contribution is 2.21. The number of rotatable bonds is 4. The molecule has 0 saturated heterocycles. The number of aromatic nitrogens is 3. The molecule has 0 radical (unpaired) electrons. The molecule has 6 nitrogen and oxygen atoms in total. The van der Waals surface area contributed by atoms with Crippen LogP contribution in [0.1, 0.15) is 6.92 Å². The first-order chi connectivity index (χ1) is 10.7. The lowest BCUT2D eigenvalue weighted by Gasteiger charge is -2.07. The minimum absolute atomic E-state index is 0.111. The summed E-state index contributed by atoms with van der Waals surface area (Å²) in [4.78, 5) is 11.0. The van der Waals surface area contributed by atoms with Gasteiger partial charge in [0.25, 0.3) is 0 Å². The summed E-state index contributed by atoms with van der Waals surface area (Å²) in [6, 6.07) is 14.5. The molecule has 0 saturated carbocycles. The van der Waals surface area contributed by atoms with Crippen LogP contribution in [0.3, 0.4) is 0 Å². The van der Waals surface area contributed by atoms with Gasteiger partial charge in [0.2, 0.25) is 11.8 Å². The number of ether oxygens (including phenoxy) is 1. The lowest BCUT2D eigenvalue weighted by Crippen LogP contribution is -2.05. The topological polar surface area (TPSA) is 69.0 Å². The maximum absolute atomic E-state index is 11.0. The van der Waals surface area contributed by atoms with Gasteiger partial charge in [-0.25, -0.2) is 0 Å². The number of benzene rings is 1. The standard InChI is InChI=1S/C16H14N4O2/c1-12(21)17-13-4-6-14(7-5-13)22-16-9-8-15(18-19-16)20-10-2-3-11-20/h2-11H,1H3,(H,17,21). The lowest BCUT2D eigenvalue weighted by atomic mass is 10.3. The van der Waals surface area contributed by atoms with Crippen LogP contribution in [0.2, 0.25) is 0 Å². The molecular formula is C16H14N4O2. The average Bonchev–Trinajstić information content (AvgIpc) is 3.04. The molecule has 110 valence electrons. The molecule has 0 bridgehead atoms. The minimum Gasteiger partial charge on any atom is -0.438 e. The number of anilines is 1. The Kier molecular flexibility index (Phi) is 3.82. The van der Waals surface area contributed by atoms with Crippen molar-refractivity contribution in [2.45, 2.75) is 6.92 Å². The summed E-state index contributed by atoms with van der Waals surface area (Å²) in [5, 5.41) is 10.8. The van der Waals surface area contributed by atoms with Gasteiger partial charge < -0.3 is 14.6 Å². The number of nitrogens with zero attached hydrogens (tertiary/aromatic N) is 3. The zero-order chi connectivity index (χ0) is 15.4. The molecule has 0 aliphatic heterocycles. The van der Waals surface area contributed by atoms with Crippen molar-refractivity contribution in [1.82, 2.24) is 14.8 Å². The van der Waals surface area contributed by atoms with E-state index in [1.54, 1.807) is 30.3 Å². The number of carbonyl (C=O) groups excluding carboxylic acids is 1. The molecule has 0 unspecified atom stereocenters. The van der Waals surface area contributed by atoms with Crippen LogP contribution in [0.5, 0.6) is 11.6 Å². The monoisotopic (exact) mass is 294 g/mol. The molecule has 22 heavy (non-hydrogen) atoms. The second-order valence-corrected chi connectivity index (χ2v) is 4.63. The first kappa shape index (κ1) is 13.8. The van der Waals surface area contributed by atoms with Crippen molar-refractivity contribution < 1.29 is 9.53 Å². The van der Waals surface area contributed by atoms with E-state index in [0.717, 1.165) is 5.82 Å². The van der Waals surface area contributed by atoms with Crippen molar-refractivity contribution in [1.29, 1.82) is 0 Å². The van der Waals surface area contributed by atoms with Crippen LogP contribution in [0.15, 0.2) is 60.9 Å². The maximum Gasteiger partial charge on any atom is 0.238 e. The Morgan fingerprint density at radius 1 is 1.05 bits per heavy atom. The van der Waals surface area contributed by atoms with Gasteiger partial charge in [-0.15, -0.1) is 10.2 Å². The zero-order valence-electron chi connectivity index (χ0n) is 11.9. The van der Waals surface area contributed by atoms with Gasteiger partial charge in [-0.2, -0.15) is 0 Å². The van der Waals surface area contributed by atoms with Crippen LogP contribution in [0, 0.1) is 0 Å². The van der Waals surface area contributed by atoms with Crippen LogP contribution in [0.25, 0.3) is 5.82 Å². The van der Waals surface area contributed by atoms with E-state index < -0.39 is 0 Å². The van der Waals surface area contributed by atoms with E-state index in [9.17, 15) is 4.79 Å². The molecule has 0 spiro atoms. The third-order valence-corrected chi connectivity index (χ3v) is 2.89. The smallest absolute Gasteiger partial charge is 0.238 e. The molecule has 3 rings (SSSR count). The maximum atomic E-state index is 11.0. The fourth-order valence-electron chi connectivity index (χ4n) is 1.92. The van der Waals surface area contributed by atoms with Gasteiger partial charge in [0.1, 0.15) is 5.75 Å². The molecule has 0 aliphatic carbocycles. The summed E-state index contributed by atoms with van der Waals surface area (Å²) in [5.74, 6) is 1.64. The molecule has 0 aliphatic rings. The van der Waals surface area contributed by atoms with E-state index in [-0.39, 0.29) is 5.91 Å². The third kappa shape index (κ3) is 3.29. The summed E-state index contributed by atoms with van der Waals surface area (Å²) >= 11 is 0. The molecule has 1 N–H and O–H groups in total.